The number of aryl methyl sites for hydroxylation is 1. The van der Waals surface area contributed by atoms with E-state index >= 15 is 0 Å². The Balaban J connectivity index is 2.30. The second-order valence-corrected chi connectivity index (χ2v) is 4.06. The van der Waals surface area contributed by atoms with Crippen molar-refractivity contribution in [3.63, 3.8) is 0 Å². The molecule has 1 aromatic heterocycles. The summed E-state index contributed by atoms with van der Waals surface area (Å²) in [7, 11) is 1.73. The first-order chi connectivity index (χ1) is 6.24. The van der Waals surface area contributed by atoms with Crippen LogP contribution in [0.25, 0.3) is 0 Å². The monoisotopic (exact) mass is 199 g/mol. The summed E-state index contributed by atoms with van der Waals surface area (Å²) in [6.45, 7) is 5.99. The fourth-order valence-electron chi connectivity index (χ4n) is 1.16. The van der Waals surface area contributed by atoms with Gasteiger partial charge < -0.3 is 10.1 Å². The van der Waals surface area contributed by atoms with E-state index in [1.54, 1.807) is 18.4 Å². The Morgan fingerprint density at radius 1 is 1.54 bits per heavy atom. The fraction of sp³-hybridized carbons (Fsp3) is 0.600. The van der Waals surface area contributed by atoms with Gasteiger partial charge in [0.15, 0.2) is 0 Å². The summed E-state index contributed by atoms with van der Waals surface area (Å²) >= 11 is 1.76. The third kappa shape index (κ3) is 3.46. The summed E-state index contributed by atoms with van der Waals surface area (Å²) in [5, 5.41) is 7.78. The van der Waals surface area contributed by atoms with E-state index in [0.717, 1.165) is 13.2 Å². The van der Waals surface area contributed by atoms with E-state index in [0.29, 0.717) is 6.04 Å². The second-order valence-electron chi connectivity index (χ2n) is 3.32. The standard InChI is InChI=1S/C10H17NOS/c1-8-6-13-7-10(8)4-11-9(2)5-12-3/h6-7,9,11H,4-5H2,1-3H3. The maximum Gasteiger partial charge on any atom is 0.0613 e. The number of rotatable bonds is 5. The lowest BCUT2D eigenvalue weighted by Crippen LogP contribution is -2.29. The van der Waals surface area contributed by atoms with Crippen molar-refractivity contribution in [1.82, 2.24) is 5.32 Å². The average Bonchev–Trinajstić information content (AvgIpc) is 2.48. The largest absolute Gasteiger partial charge is 0.383 e. The molecule has 0 aliphatic heterocycles. The highest BCUT2D eigenvalue weighted by molar-refractivity contribution is 7.08. The van der Waals surface area contributed by atoms with Crippen LogP contribution >= 0.6 is 11.3 Å². The lowest BCUT2D eigenvalue weighted by Gasteiger charge is -2.12. The van der Waals surface area contributed by atoms with Gasteiger partial charge in [-0.2, -0.15) is 11.3 Å². The van der Waals surface area contributed by atoms with Gasteiger partial charge in [0.25, 0.3) is 0 Å². The van der Waals surface area contributed by atoms with E-state index in [2.05, 4.69) is 29.9 Å². The van der Waals surface area contributed by atoms with Gasteiger partial charge in [-0.05, 0) is 35.7 Å². The van der Waals surface area contributed by atoms with Crippen molar-refractivity contribution in [1.29, 1.82) is 0 Å². The summed E-state index contributed by atoms with van der Waals surface area (Å²) in [4.78, 5) is 0. The van der Waals surface area contributed by atoms with Crippen LogP contribution in [0.1, 0.15) is 18.1 Å². The molecule has 0 fully saturated rings. The van der Waals surface area contributed by atoms with E-state index in [4.69, 9.17) is 4.74 Å². The SMILES string of the molecule is COCC(C)NCc1cscc1C. The van der Waals surface area contributed by atoms with E-state index in [1.807, 2.05) is 0 Å². The van der Waals surface area contributed by atoms with Gasteiger partial charge in [0.1, 0.15) is 0 Å². The van der Waals surface area contributed by atoms with E-state index in [1.165, 1.54) is 11.1 Å². The minimum atomic E-state index is 0.421. The number of thiophene rings is 1. The zero-order valence-electron chi connectivity index (χ0n) is 8.46. The predicted octanol–water partition coefficient (Wildman–Crippen LogP) is 2.18. The number of methoxy groups -OCH3 is 1. The molecule has 0 bridgehead atoms. The molecule has 2 nitrogen and oxygen atoms in total. The van der Waals surface area contributed by atoms with E-state index in [-0.39, 0.29) is 0 Å². The zero-order valence-corrected chi connectivity index (χ0v) is 9.28. The van der Waals surface area contributed by atoms with Gasteiger partial charge >= 0.3 is 0 Å². The van der Waals surface area contributed by atoms with Crippen molar-refractivity contribution in [2.75, 3.05) is 13.7 Å². The van der Waals surface area contributed by atoms with Gasteiger partial charge in [-0.1, -0.05) is 0 Å². The molecule has 3 heteroatoms. The average molecular weight is 199 g/mol. The second kappa shape index (κ2) is 5.37. The van der Waals surface area contributed by atoms with Gasteiger partial charge in [0.2, 0.25) is 0 Å². The van der Waals surface area contributed by atoms with Crippen LogP contribution in [0.5, 0.6) is 0 Å². The first kappa shape index (κ1) is 10.7. The highest BCUT2D eigenvalue weighted by Crippen LogP contribution is 2.13. The van der Waals surface area contributed by atoms with Crippen LogP contribution in [0.15, 0.2) is 10.8 Å². The molecule has 0 aromatic carbocycles. The predicted molar refractivity (Wildman–Crippen MR) is 57.2 cm³/mol. The third-order valence-electron chi connectivity index (χ3n) is 2.02. The minimum Gasteiger partial charge on any atom is -0.383 e. The molecule has 0 aliphatic carbocycles. The Morgan fingerprint density at radius 3 is 2.85 bits per heavy atom. The highest BCUT2D eigenvalue weighted by Gasteiger charge is 2.02. The van der Waals surface area contributed by atoms with Crippen LogP contribution < -0.4 is 5.32 Å². The normalized spacial score (nSPS) is 13.2. The van der Waals surface area contributed by atoms with Crippen LogP contribution in [0.2, 0.25) is 0 Å². The Labute approximate surface area is 83.9 Å². The van der Waals surface area contributed by atoms with Crippen molar-refractivity contribution in [3.05, 3.63) is 21.9 Å². The maximum absolute atomic E-state index is 5.04. The molecule has 74 valence electrons. The molecule has 13 heavy (non-hydrogen) atoms. The molecule has 1 N–H and O–H groups in total. The molecular weight excluding hydrogens is 182 g/mol. The van der Waals surface area contributed by atoms with E-state index < -0.39 is 0 Å². The molecule has 1 unspecified atom stereocenters. The summed E-state index contributed by atoms with van der Waals surface area (Å²) in [5.41, 5.74) is 2.77. The first-order valence-electron chi connectivity index (χ1n) is 4.48. The Kier molecular flexibility index (Phi) is 4.42. The summed E-state index contributed by atoms with van der Waals surface area (Å²) in [6.07, 6.45) is 0. The van der Waals surface area contributed by atoms with Crippen LogP contribution in [-0.4, -0.2) is 19.8 Å². The fourth-order valence-corrected chi connectivity index (χ4v) is 2.02. The first-order valence-corrected chi connectivity index (χ1v) is 5.42. The molecule has 0 amide bonds. The van der Waals surface area contributed by atoms with Gasteiger partial charge in [0.05, 0.1) is 6.61 Å². The van der Waals surface area contributed by atoms with Crippen molar-refractivity contribution in [3.8, 4) is 0 Å². The Bertz CT molecular complexity index is 247. The topological polar surface area (TPSA) is 21.3 Å². The molecule has 1 heterocycles. The summed E-state index contributed by atoms with van der Waals surface area (Å²) in [6, 6.07) is 0.421. The maximum atomic E-state index is 5.04. The Hall–Kier alpha value is -0.380. The lowest BCUT2D eigenvalue weighted by atomic mass is 10.2. The van der Waals surface area contributed by atoms with Crippen molar-refractivity contribution >= 4 is 11.3 Å². The number of hydrogen-bond donors (Lipinski definition) is 1. The summed E-state index contributed by atoms with van der Waals surface area (Å²) < 4.78 is 5.04. The van der Waals surface area contributed by atoms with Gasteiger partial charge in [-0.15, -0.1) is 0 Å². The molecule has 0 aliphatic rings. The van der Waals surface area contributed by atoms with E-state index in [9.17, 15) is 0 Å². The quantitative estimate of drug-likeness (QED) is 0.785. The molecule has 1 atom stereocenters. The van der Waals surface area contributed by atoms with Crippen molar-refractivity contribution in [2.45, 2.75) is 26.4 Å². The van der Waals surface area contributed by atoms with Crippen LogP contribution in [0, 0.1) is 6.92 Å². The van der Waals surface area contributed by atoms with Gasteiger partial charge in [0, 0.05) is 19.7 Å². The number of nitrogens with one attached hydrogen (secondary N) is 1. The molecule has 1 rings (SSSR count). The van der Waals surface area contributed by atoms with Crippen LogP contribution in [-0.2, 0) is 11.3 Å². The van der Waals surface area contributed by atoms with Gasteiger partial charge in [-0.3, -0.25) is 0 Å². The minimum absolute atomic E-state index is 0.421. The molecule has 0 saturated heterocycles. The van der Waals surface area contributed by atoms with Crippen LogP contribution in [0.3, 0.4) is 0 Å². The lowest BCUT2D eigenvalue weighted by molar-refractivity contribution is 0.171. The zero-order chi connectivity index (χ0) is 9.68. The smallest absolute Gasteiger partial charge is 0.0613 e. The number of hydrogen-bond acceptors (Lipinski definition) is 3. The molecule has 0 spiro atoms. The molecule has 0 radical (unpaired) electrons. The van der Waals surface area contributed by atoms with Crippen molar-refractivity contribution in [2.24, 2.45) is 0 Å². The molecule has 0 saturated carbocycles. The van der Waals surface area contributed by atoms with Crippen molar-refractivity contribution < 1.29 is 4.74 Å². The third-order valence-corrected chi connectivity index (χ3v) is 2.93. The highest BCUT2D eigenvalue weighted by atomic mass is 32.1. The Morgan fingerprint density at radius 2 is 2.31 bits per heavy atom. The summed E-state index contributed by atoms with van der Waals surface area (Å²) in [5.74, 6) is 0. The molecule has 1 aromatic rings. The molecular formula is C10H17NOS. The number of ether oxygens (including phenoxy) is 1. The van der Waals surface area contributed by atoms with Gasteiger partial charge in [-0.25, -0.2) is 0 Å². The van der Waals surface area contributed by atoms with Crippen LogP contribution in [0.4, 0.5) is 0 Å².